The summed E-state index contributed by atoms with van der Waals surface area (Å²) >= 11 is 0. The minimum Gasteiger partial charge on any atom is -0.497 e. The Morgan fingerprint density at radius 1 is 0.827 bits per heavy atom. The van der Waals surface area contributed by atoms with Crippen LogP contribution >= 0.6 is 0 Å². The average Bonchev–Trinajstić information content (AvgIpc) is 3.88. The summed E-state index contributed by atoms with van der Waals surface area (Å²) in [6.07, 6.45) is 2.53. The second-order valence-electron chi connectivity index (χ2n) is 17.6. The smallest absolute Gasteiger partial charge is 0.352 e. The van der Waals surface area contributed by atoms with E-state index >= 15 is 0 Å². The number of hydrogen-bond acceptors (Lipinski definition) is 17. The molecule has 0 spiro atoms. The summed E-state index contributed by atoms with van der Waals surface area (Å²) < 4.78 is 5.26. The molecule has 1 aliphatic heterocycles. The monoisotopic (exact) mass is 1060 g/mol. The molecule has 1 aromatic rings. The third-order valence-corrected chi connectivity index (χ3v) is 11.7. The lowest BCUT2D eigenvalue weighted by molar-refractivity contribution is -0.137. The fourth-order valence-corrected chi connectivity index (χ4v) is 7.52. The number of rotatable bonds is 34. The summed E-state index contributed by atoms with van der Waals surface area (Å²) in [5, 5.41) is 44.8. The molecule has 418 valence electrons. The number of amides is 8. The maximum Gasteiger partial charge on any atom is 0.352 e. The standard InChI is InChI=1S/C47H78N16O12/c1-27(57-44(71)38(36(64)25-51)62-40(67)30(52)10-3-5-19-48)39(66)56-26-37(65)58-32(12-7-21-50)45(72)63-23-9-14-35(63)43(70)61-34(24-28-15-17-29(75-2)18-16-28)42(69)59-31(11-4-6-20-49)41(68)60-33(46(73)74)13-8-22-55-47(53)54/h13,15-18,27,30-31,34-36,38,64H,3-12,14,19-26,48-52H2,1-2H3,(H,56,66)(H,57,71)(H,59,69)(H,60,68)(H,61,70)(H,62,67)(H,73,74)(H4,53,54,55)/b33-13-,58-32+/t27-,30-,31-,34-,35-,36-,38-/m0/s1. The number of methoxy groups -OCH3 is 1. The average molecular weight is 1060 g/mol. The van der Waals surface area contributed by atoms with Crippen LogP contribution in [-0.4, -0.2) is 175 Å². The zero-order valence-corrected chi connectivity index (χ0v) is 42.7. The largest absolute Gasteiger partial charge is 0.497 e. The molecule has 28 nitrogen and oxygen atoms in total. The van der Waals surface area contributed by atoms with E-state index in [4.69, 9.17) is 44.5 Å². The van der Waals surface area contributed by atoms with Gasteiger partial charge in [-0.3, -0.25) is 43.8 Å². The molecule has 75 heavy (non-hydrogen) atoms. The Balaban J connectivity index is 2.31. The number of aliphatic carboxylic acids is 1. The maximum atomic E-state index is 14.2. The zero-order chi connectivity index (χ0) is 56.0. The number of ether oxygens (including phenoxy) is 1. The molecule has 1 fully saturated rings. The van der Waals surface area contributed by atoms with E-state index in [0.717, 1.165) is 0 Å². The molecule has 0 aliphatic carbocycles. The van der Waals surface area contributed by atoms with E-state index in [1.54, 1.807) is 24.3 Å². The lowest BCUT2D eigenvalue weighted by Gasteiger charge is -2.28. The number of aliphatic hydroxyl groups is 1. The van der Waals surface area contributed by atoms with Gasteiger partial charge < -0.3 is 91.5 Å². The first-order valence-corrected chi connectivity index (χ1v) is 24.8. The van der Waals surface area contributed by atoms with Gasteiger partial charge in [0.1, 0.15) is 47.4 Å². The predicted molar refractivity (Wildman–Crippen MR) is 276 cm³/mol. The molecule has 28 heteroatoms. The van der Waals surface area contributed by atoms with Gasteiger partial charge in [-0.05, 0) is 108 Å². The summed E-state index contributed by atoms with van der Waals surface area (Å²) in [4.78, 5) is 126. The van der Waals surface area contributed by atoms with Crippen molar-refractivity contribution in [2.24, 2.45) is 39.4 Å². The highest BCUT2D eigenvalue weighted by Crippen LogP contribution is 2.20. The quantitative estimate of drug-likeness (QED) is 0.0133. The molecule has 0 unspecified atom stereocenters. The van der Waals surface area contributed by atoms with Crippen molar-refractivity contribution in [2.45, 2.75) is 126 Å². The number of benzene rings is 1. The molecule has 0 aromatic heterocycles. The molecule has 1 aromatic carbocycles. The number of carbonyl (C=O) groups excluding carboxylic acids is 8. The van der Waals surface area contributed by atoms with Crippen molar-refractivity contribution in [3.8, 4) is 5.75 Å². The second kappa shape index (κ2) is 34.4. The van der Waals surface area contributed by atoms with Gasteiger partial charge in [-0.2, -0.15) is 0 Å². The summed E-state index contributed by atoms with van der Waals surface area (Å²) in [5.74, 6) is -8.00. The van der Waals surface area contributed by atoms with Gasteiger partial charge in [-0.25, -0.2) is 9.79 Å². The van der Waals surface area contributed by atoms with Gasteiger partial charge in [0, 0.05) is 26.1 Å². The third-order valence-electron chi connectivity index (χ3n) is 11.7. The minimum atomic E-state index is -1.57. The van der Waals surface area contributed by atoms with Gasteiger partial charge >= 0.3 is 5.97 Å². The number of aliphatic imine (C=N–C) groups is 1. The van der Waals surface area contributed by atoms with E-state index in [0.29, 0.717) is 50.0 Å². The van der Waals surface area contributed by atoms with Crippen LogP contribution in [0.2, 0.25) is 0 Å². The lowest BCUT2D eigenvalue weighted by Crippen LogP contribution is -2.60. The maximum absolute atomic E-state index is 14.2. The number of carboxylic acids is 1. The number of nitrogens with two attached hydrogens (primary N) is 6. The molecular weight excluding hydrogens is 981 g/mol. The Kier molecular flexibility index (Phi) is 29.4. The van der Waals surface area contributed by atoms with E-state index in [1.165, 1.54) is 25.0 Å². The number of hydrogen-bond donors (Lipinski definition) is 16. The van der Waals surface area contributed by atoms with Crippen LogP contribution in [0.15, 0.2) is 41.0 Å². The van der Waals surface area contributed by atoms with Crippen molar-refractivity contribution in [1.29, 1.82) is 5.41 Å². The fraction of sp³-hybridized carbons (Fsp3) is 0.596. The van der Waals surface area contributed by atoms with Gasteiger partial charge in [0.2, 0.25) is 35.4 Å². The van der Waals surface area contributed by atoms with Crippen molar-refractivity contribution >= 4 is 64.9 Å². The third kappa shape index (κ3) is 22.9. The number of aliphatic hydroxyl groups excluding tert-OH is 1. The van der Waals surface area contributed by atoms with E-state index in [-0.39, 0.29) is 82.8 Å². The summed E-state index contributed by atoms with van der Waals surface area (Å²) in [6, 6.07) is -1.08. The van der Waals surface area contributed by atoms with Crippen LogP contribution in [0.4, 0.5) is 0 Å². The zero-order valence-electron chi connectivity index (χ0n) is 42.7. The summed E-state index contributed by atoms with van der Waals surface area (Å²) in [7, 11) is 1.47. The fourth-order valence-electron chi connectivity index (χ4n) is 7.52. The Morgan fingerprint density at radius 2 is 1.48 bits per heavy atom. The normalized spacial score (nSPS) is 15.9. The van der Waals surface area contributed by atoms with Crippen LogP contribution in [-0.2, 0) is 49.6 Å². The molecule has 1 heterocycles. The number of likely N-dealkylation sites (tertiary alicyclic amines) is 1. The number of unbranched alkanes of at least 4 members (excludes halogenated alkanes) is 2. The van der Waals surface area contributed by atoms with Gasteiger partial charge in [-0.15, -0.1) is 0 Å². The highest BCUT2D eigenvalue weighted by Gasteiger charge is 2.38. The molecule has 0 bridgehead atoms. The van der Waals surface area contributed by atoms with Crippen LogP contribution in [0.5, 0.6) is 5.75 Å². The predicted octanol–water partition coefficient (Wildman–Crippen LogP) is -5.13. The second-order valence-corrected chi connectivity index (χ2v) is 17.6. The highest BCUT2D eigenvalue weighted by molar-refractivity contribution is 6.40. The molecule has 1 saturated heterocycles. The van der Waals surface area contributed by atoms with Gasteiger partial charge in [0.15, 0.2) is 5.96 Å². The van der Waals surface area contributed by atoms with Crippen LogP contribution in [0, 0.1) is 5.41 Å². The first-order valence-electron chi connectivity index (χ1n) is 24.8. The minimum absolute atomic E-state index is 0.0405. The number of nitrogens with zero attached hydrogens (tertiary/aromatic N) is 2. The molecule has 7 atom stereocenters. The van der Waals surface area contributed by atoms with Crippen molar-refractivity contribution in [1.82, 2.24) is 42.1 Å². The Hall–Kier alpha value is -7.11. The highest BCUT2D eigenvalue weighted by atomic mass is 16.5. The summed E-state index contributed by atoms with van der Waals surface area (Å²) in [5.41, 5.74) is 33.5. The van der Waals surface area contributed by atoms with Gasteiger partial charge in [0.05, 0.1) is 25.8 Å². The van der Waals surface area contributed by atoms with Crippen LogP contribution in [0.1, 0.15) is 83.1 Å². The molecular formula is C47H78N16O12. The first kappa shape index (κ1) is 64.0. The molecule has 1 aliphatic rings. The SMILES string of the molecule is COc1ccc(C[C@H](NC(=O)[C@@H]2CCCN2C(=O)/C(CCCN)=N/C(=O)CNC(=O)[C@H](C)NC(=O)[C@@H](NC(=O)[C@@H](N)CCCCN)[C@@H](O)CN)C(=O)N[C@@H](CCCCN)C(=O)N/C(=C\CCNC(=N)N)C(=O)O)cc1. The van der Waals surface area contributed by atoms with Crippen molar-refractivity contribution < 1.29 is 58.1 Å². The van der Waals surface area contributed by atoms with Gasteiger partial charge in [-0.1, -0.05) is 24.6 Å². The van der Waals surface area contributed by atoms with E-state index in [2.05, 4.69) is 42.2 Å². The number of carbonyl (C=O) groups is 9. The van der Waals surface area contributed by atoms with E-state index < -0.39 is 114 Å². The topological polar surface area (TPSA) is 483 Å². The molecule has 8 amide bonds. The van der Waals surface area contributed by atoms with Crippen LogP contribution in [0.25, 0.3) is 0 Å². The van der Waals surface area contributed by atoms with Crippen molar-refractivity contribution in [3.05, 3.63) is 41.6 Å². The summed E-state index contributed by atoms with van der Waals surface area (Å²) in [6.45, 7) is 1.04. The van der Waals surface area contributed by atoms with Crippen LogP contribution < -0.4 is 76.4 Å². The number of nitrogens with one attached hydrogen (secondary N) is 8. The van der Waals surface area contributed by atoms with E-state index in [9.17, 15) is 53.4 Å². The van der Waals surface area contributed by atoms with Crippen molar-refractivity contribution in [3.63, 3.8) is 0 Å². The lowest BCUT2D eigenvalue weighted by atomic mass is 10.0. The molecule has 2 rings (SSSR count). The van der Waals surface area contributed by atoms with Crippen LogP contribution in [0.3, 0.4) is 0 Å². The molecule has 0 radical (unpaired) electrons. The number of guanidine groups is 1. The van der Waals surface area contributed by atoms with E-state index in [1.807, 2.05) is 0 Å². The van der Waals surface area contributed by atoms with Crippen molar-refractivity contribution in [2.75, 3.05) is 52.9 Å². The Bertz CT molecular complexity index is 2160. The molecule has 0 saturated carbocycles. The Morgan fingerprint density at radius 3 is 2.08 bits per heavy atom. The Labute approximate surface area is 435 Å². The number of carboxylic acid groups (broad SMARTS) is 1. The first-order chi connectivity index (χ1) is 35.7. The molecule has 22 N–H and O–H groups in total. The van der Waals surface area contributed by atoms with Gasteiger partial charge in [0.25, 0.3) is 11.8 Å².